The molecule has 1 saturated heterocycles. The molecule has 3 atom stereocenters. The number of anilines is 1. The average Bonchev–Trinajstić information content (AvgIpc) is 3.36. The van der Waals surface area contributed by atoms with Crippen molar-refractivity contribution in [2.24, 2.45) is 39.4 Å². The Morgan fingerprint density at radius 1 is 0.930 bits per heavy atom. The lowest BCUT2D eigenvalue weighted by Gasteiger charge is -2.45. The minimum absolute atomic E-state index is 0.0180. The minimum Gasteiger partial charge on any atom is -0.504 e. The molecule has 3 rings (SSSR count). The Labute approximate surface area is 259 Å². The molecule has 0 radical (unpaired) electrons. The number of hydrogen-bond donors (Lipinski definition) is 1. The lowest BCUT2D eigenvalue weighted by atomic mass is 9.59. The first-order valence-corrected chi connectivity index (χ1v) is 15.5. The van der Waals surface area contributed by atoms with Gasteiger partial charge in [0.2, 0.25) is 11.8 Å². The van der Waals surface area contributed by atoms with Gasteiger partial charge in [0.05, 0.1) is 17.5 Å². The van der Waals surface area contributed by atoms with Crippen LogP contribution in [0.4, 0.5) is 5.69 Å². The van der Waals surface area contributed by atoms with Gasteiger partial charge in [-0.3, -0.25) is 9.59 Å². The van der Waals surface area contributed by atoms with E-state index in [4.69, 9.17) is 0 Å². The molecule has 43 heavy (non-hydrogen) atoms. The van der Waals surface area contributed by atoms with E-state index in [2.05, 4.69) is 72.2 Å². The third kappa shape index (κ3) is 6.81. The number of carbonyl (C=O) groups excluding carboxylic acids is 2. The number of carbonyl (C=O) groups is 2. The zero-order chi connectivity index (χ0) is 32.9. The standard InChI is InChI=1S/C36H54N4O3/c1-15-17-26-25(16-2)37-40(38-26)28-19-22(3)18-27(30(28)41)39-31(42)24(29(32(39)43)34(7,8)9)20-23(33(4,5)6)21-36(13,14)35(10,11)12/h15-19,23-24,29,41H,2,20-21H2,1,3-14H3/b17-15-. The molecule has 1 aromatic carbocycles. The van der Waals surface area contributed by atoms with E-state index < -0.39 is 17.3 Å². The predicted molar refractivity (Wildman–Crippen MR) is 177 cm³/mol. The molecular weight excluding hydrogens is 536 g/mol. The van der Waals surface area contributed by atoms with Gasteiger partial charge in [-0.2, -0.15) is 0 Å². The fourth-order valence-electron chi connectivity index (χ4n) is 6.07. The molecule has 1 fully saturated rings. The summed E-state index contributed by atoms with van der Waals surface area (Å²) in [4.78, 5) is 31.3. The predicted octanol–water partition coefficient (Wildman–Crippen LogP) is 8.62. The molecule has 2 aromatic rings. The number of phenolic OH excluding ortho intramolecular Hbond substituents is 1. The summed E-state index contributed by atoms with van der Waals surface area (Å²) < 4.78 is 0. The minimum atomic E-state index is -0.526. The van der Waals surface area contributed by atoms with Crippen LogP contribution in [0.5, 0.6) is 5.75 Å². The number of phenols is 1. The molecule has 0 bridgehead atoms. The fourth-order valence-corrected chi connectivity index (χ4v) is 6.07. The van der Waals surface area contributed by atoms with Gasteiger partial charge in [0.15, 0.2) is 5.75 Å². The molecule has 3 unspecified atom stereocenters. The maximum Gasteiger partial charge on any atom is 0.238 e. The van der Waals surface area contributed by atoms with Crippen molar-refractivity contribution in [1.29, 1.82) is 0 Å². The second-order valence-corrected chi connectivity index (χ2v) is 16.2. The number of nitrogens with zero attached hydrogens (tertiary/aromatic N) is 4. The Morgan fingerprint density at radius 2 is 1.49 bits per heavy atom. The van der Waals surface area contributed by atoms with Crippen LogP contribution in [-0.2, 0) is 9.59 Å². The van der Waals surface area contributed by atoms with Crippen molar-refractivity contribution < 1.29 is 14.7 Å². The average molecular weight is 591 g/mol. The highest BCUT2D eigenvalue weighted by molar-refractivity contribution is 6.23. The van der Waals surface area contributed by atoms with Crippen molar-refractivity contribution in [1.82, 2.24) is 15.0 Å². The largest absolute Gasteiger partial charge is 0.504 e. The van der Waals surface area contributed by atoms with Crippen molar-refractivity contribution in [2.45, 2.75) is 103 Å². The third-order valence-corrected chi connectivity index (χ3v) is 9.77. The SMILES string of the molecule is C=Cc1nn(-c2cc(C)cc(N3C(=O)C(CC(CC(C)(C)C(C)(C)C)C(C)(C)C)C(C(C)(C)C)C3=O)c2O)nc1/C=C\C. The molecule has 1 aliphatic heterocycles. The number of hydrogen-bond acceptors (Lipinski definition) is 5. The van der Waals surface area contributed by atoms with Gasteiger partial charge in [-0.05, 0) is 84.1 Å². The summed E-state index contributed by atoms with van der Waals surface area (Å²) in [5.41, 5.74) is 1.97. The van der Waals surface area contributed by atoms with E-state index in [-0.39, 0.29) is 45.4 Å². The first-order chi connectivity index (χ1) is 19.5. The van der Waals surface area contributed by atoms with Crippen LogP contribution in [0.3, 0.4) is 0 Å². The van der Waals surface area contributed by atoms with E-state index in [0.29, 0.717) is 23.5 Å². The Hall–Kier alpha value is -3.22. The Balaban J connectivity index is 2.14. The van der Waals surface area contributed by atoms with E-state index >= 15 is 0 Å². The molecule has 236 valence electrons. The van der Waals surface area contributed by atoms with Gasteiger partial charge in [0, 0.05) is 0 Å². The molecule has 0 aliphatic carbocycles. The molecule has 2 amide bonds. The van der Waals surface area contributed by atoms with Crippen LogP contribution in [0.15, 0.2) is 24.8 Å². The van der Waals surface area contributed by atoms with Crippen molar-refractivity contribution in [3.63, 3.8) is 0 Å². The number of aryl methyl sites for hydroxylation is 1. The molecule has 0 spiro atoms. The van der Waals surface area contributed by atoms with Gasteiger partial charge >= 0.3 is 0 Å². The maximum atomic E-state index is 14.4. The van der Waals surface area contributed by atoms with Crippen LogP contribution in [-0.4, -0.2) is 31.9 Å². The molecule has 1 aliphatic rings. The van der Waals surface area contributed by atoms with Gasteiger partial charge < -0.3 is 5.11 Å². The Bertz CT molecular complexity index is 1410. The number of allylic oxidation sites excluding steroid dienone is 1. The lowest BCUT2D eigenvalue weighted by molar-refractivity contribution is -0.124. The topological polar surface area (TPSA) is 88.3 Å². The zero-order valence-corrected chi connectivity index (χ0v) is 28.8. The zero-order valence-electron chi connectivity index (χ0n) is 28.8. The second kappa shape index (κ2) is 11.7. The van der Waals surface area contributed by atoms with E-state index in [0.717, 1.165) is 12.0 Å². The van der Waals surface area contributed by atoms with E-state index in [1.807, 2.05) is 46.8 Å². The normalized spacial score (nSPS) is 19.5. The first-order valence-electron chi connectivity index (χ1n) is 15.5. The first kappa shape index (κ1) is 34.3. The summed E-state index contributed by atoms with van der Waals surface area (Å²) >= 11 is 0. The highest BCUT2D eigenvalue weighted by Crippen LogP contribution is 2.52. The summed E-state index contributed by atoms with van der Waals surface area (Å²) in [7, 11) is 0. The smallest absolute Gasteiger partial charge is 0.238 e. The van der Waals surface area contributed by atoms with Crippen molar-refractivity contribution in [2.75, 3.05) is 4.90 Å². The number of imide groups is 1. The molecule has 7 heteroatoms. The van der Waals surface area contributed by atoms with Gasteiger partial charge in [0.25, 0.3) is 0 Å². The number of aromatic hydroxyl groups is 1. The maximum absolute atomic E-state index is 14.4. The third-order valence-electron chi connectivity index (χ3n) is 9.77. The van der Waals surface area contributed by atoms with E-state index in [1.165, 1.54) is 9.70 Å². The van der Waals surface area contributed by atoms with Crippen molar-refractivity contribution in [3.05, 3.63) is 41.7 Å². The highest BCUT2D eigenvalue weighted by atomic mass is 16.3. The number of amides is 2. The van der Waals surface area contributed by atoms with Crippen molar-refractivity contribution in [3.8, 4) is 11.4 Å². The van der Waals surface area contributed by atoms with Crippen LogP contribution < -0.4 is 4.90 Å². The number of aromatic nitrogens is 3. The van der Waals surface area contributed by atoms with Gasteiger partial charge in [-0.25, -0.2) is 4.90 Å². The summed E-state index contributed by atoms with van der Waals surface area (Å²) in [5.74, 6) is -1.57. The Kier molecular flexibility index (Phi) is 9.33. The molecular formula is C36H54N4O3. The molecule has 1 N–H and O–H groups in total. The van der Waals surface area contributed by atoms with Crippen LogP contribution in [0.25, 0.3) is 17.8 Å². The highest BCUT2D eigenvalue weighted by Gasteiger charge is 2.55. The fraction of sp³-hybridized carbons (Fsp3) is 0.611. The van der Waals surface area contributed by atoms with Gasteiger partial charge in [-0.1, -0.05) is 88.8 Å². The van der Waals surface area contributed by atoms with Crippen LogP contribution in [0, 0.1) is 46.3 Å². The van der Waals surface area contributed by atoms with Gasteiger partial charge in [-0.15, -0.1) is 15.0 Å². The molecule has 0 saturated carbocycles. The monoisotopic (exact) mass is 590 g/mol. The lowest BCUT2D eigenvalue weighted by Crippen LogP contribution is -2.38. The molecule has 2 heterocycles. The summed E-state index contributed by atoms with van der Waals surface area (Å²) in [6.45, 7) is 31.8. The summed E-state index contributed by atoms with van der Waals surface area (Å²) in [6.07, 6.45) is 6.80. The van der Waals surface area contributed by atoms with Crippen LogP contribution >= 0.6 is 0 Å². The Morgan fingerprint density at radius 3 is 1.98 bits per heavy atom. The molecule has 1 aromatic heterocycles. The van der Waals surface area contributed by atoms with Crippen molar-refractivity contribution >= 4 is 29.7 Å². The van der Waals surface area contributed by atoms with E-state index in [1.54, 1.807) is 18.2 Å². The molecule has 7 nitrogen and oxygen atoms in total. The van der Waals surface area contributed by atoms with E-state index in [9.17, 15) is 14.7 Å². The quantitative estimate of drug-likeness (QED) is 0.311. The van der Waals surface area contributed by atoms with Gasteiger partial charge in [0.1, 0.15) is 17.1 Å². The summed E-state index contributed by atoms with van der Waals surface area (Å²) in [5, 5.41) is 20.6. The summed E-state index contributed by atoms with van der Waals surface area (Å²) in [6, 6.07) is 3.45. The number of rotatable bonds is 8. The number of benzene rings is 1. The second-order valence-electron chi connectivity index (χ2n) is 16.2. The van der Waals surface area contributed by atoms with Crippen LogP contribution in [0.2, 0.25) is 0 Å². The van der Waals surface area contributed by atoms with Crippen LogP contribution in [0.1, 0.15) is 113 Å².